The van der Waals surface area contributed by atoms with Gasteiger partial charge in [-0.2, -0.15) is 0 Å². The Balaban J connectivity index is 0. The average molecular weight is 410 g/mol. The second-order valence-electron chi connectivity index (χ2n) is 6.09. The van der Waals surface area contributed by atoms with Gasteiger partial charge in [-0.3, -0.25) is 4.18 Å². The van der Waals surface area contributed by atoms with Crippen LogP contribution >= 0.6 is 0 Å². The minimum absolute atomic E-state index is 0. The van der Waals surface area contributed by atoms with Crippen molar-refractivity contribution in [3.63, 3.8) is 0 Å². The molecule has 0 aromatic heterocycles. The SMILES string of the molecule is C.CCCOC(C)(C)C(C)COC(=O)NCCOC(=O)/C=C/CS(=O)OC. The molecule has 0 saturated carbocycles. The zero-order valence-corrected chi connectivity index (χ0v) is 17.1. The first kappa shape index (κ1) is 27.8. The second kappa shape index (κ2) is 15.6. The Morgan fingerprint density at radius 1 is 1.22 bits per heavy atom. The van der Waals surface area contributed by atoms with Gasteiger partial charge in [-0.05, 0) is 20.3 Å². The van der Waals surface area contributed by atoms with Crippen molar-refractivity contribution in [2.75, 3.05) is 39.2 Å². The van der Waals surface area contributed by atoms with Crippen LogP contribution in [0.2, 0.25) is 0 Å². The van der Waals surface area contributed by atoms with Crippen LogP contribution in [-0.2, 0) is 34.3 Å². The van der Waals surface area contributed by atoms with Gasteiger partial charge in [0.1, 0.15) is 6.61 Å². The summed E-state index contributed by atoms with van der Waals surface area (Å²) in [5.41, 5.74) is -0.384. The van der Waals surface area contributed by atoms with Crippen molar-refractivity contribution in [3.8, 4) is 0 Å². The van der Waals surface area contributed by atoms with Crippen LogP contribution in [0.5, 0.6) is 0 Å². The summed E-state index contributed by atoms with van der Waals surface area (Å²) in [5, 5.41) is 2.50. The highest BCUT2D eigenvalue weighted by Gasteiger charge is 2.27. The summed E-state index contributed by atoms with van der Waals surface area (Å²) in [7, 11) is 1.31. The van der Waals surface area contributed by atoms with Gasteiger partial charge in [0.25, 0.3) is 0 Å². The average Bonchev–Trinajstić information content (AvgIpc) is 2.61. The summed E-state index contributed by atoms with van der Waals surface area (Å²) in [6.45, 7) is 8.93. The van der Waals surface area contributed by atoms with Crippen molar-refractivity contribution in [1.82, 2.24) is 5.32 Å². The molecule has 0 fully saturated rings. The molecule has 160 valence electrons. The van der Waals surface area contributed by atoms with Crippen molar-refractivity contribution in [2.24, 2.45) is 5.92 Å². The molecule has 0 aromatic rings. The Labute approximate surface area is 165 Å². The number of ether oxygens (including phenoxy) is 3. The van der Waals surface area contributed by atoms with Gasteiger partial charge in [0, 0.05) is 18.6 Å². The lowest BCUT2D eigenvalue weighted by molar-refractivity contribution is -0.137. The van der Waals surface area contributed by atoms with E-state index < -0.39 is 23.1 Å². The number of carbonyl (C=O) groups is 2. The highest BCUT2D eigenvalue weighted by Crippen LogP contribution is 2.21. The van der Waals surface area contributed by atoms with Crippen molar-refractivity contribution in [3.05, 3.63) is 12.2 Å². The topological polar surface area (TPSA) is 100 Å². The summed E-state index contributed by atoms with van der Waals surface area (Å²) in [5.74, 6) is -0.454. The number of esters is 1. The molecule has 2 atom stereocenters. The zero-order chi connectivity index (χ0) is 20.0. The van der Waals surface area contributed by atoms with Crippen LogP contribution < -0.4 is 5.32 Å². The summed E-state index contributed by atoms with van der Waals surface area (Å²) in [6.07, 6.45) is 2.91. The van der Waals surface area contributed by atoms with Crippen LogP contribution in [0.4, 0.5) is 4.79 Å². The molecule has 8 nitrogen and oxygen atoms in total. The Bertz CT molecular complexity index is 480. The molecule has 0 aliphatic carbocycles. The predicted octanol–water partition coefficient (Wildman–Crippen LogP) is 2.60. The molecule has 0 aliphatic rings. The highest BCUT2D eigenvalue weighted by molar-refractivity contribution is 7.80. The third-order valence-corrected chi connectivity index (χ3v) is 4.45. The van der Waals surface area contributed by atoms with E-state index in [4.69, 9.17) is 14.2 Å². The Hall–Kier alpha value is -1.45. The van der Waals surface area contributed by atoms with Crippen LogP contribution in [0.1, 0.15) is 41.5 Å². The lowest BCUT2D eigenvalue weighted by Gasteiger charge is -2.31. The molecule has 0 aromatic carbocycles. The maximum Gasteiger partial charge on any atom is 0.407 e. The van der Waals surface area contributed by atoms with E-state index in [1.165, 1.54) is 13.2 Å². The molecule has 9 heteroatoms. The molecule has 0 bridgehead atoms. The minimum atomic E-state index is -1.45. The predicted molar refractivity (Wildman–Crippen MR) is 106 cm³/mol. The summed E-state index contributed by atoms with van der Waals surface area (Å²) in [4.78, 5) is 23.0. The molecule has 1 amide bonds. The molecule has 0 saturated heterocycles. The molecule has 0 radical (unpaired) electrons. The van der Waals surface area contributed by atoms with Gasteiger partial charge in [-0.15, -0.1) is 0 Å². The summed E-state index contributed by atoms with van der Waals surface area (Å²) in [6, 6.07) is 0. The number of alkyl carbamates (subject to hydrolysis) is 1. The van der Waals surface area contributed by atoms with E-state index in [-0.39, 0.29) is 44.5 Å². The minimum Gasteiger partial charge on any atom is -0.461 e. The monoisotopic (exact) mass is 409 g/mol. The molecule has 2 unspecified atom stereocenters. The van der Waals surface area contributed by atoms with E-state index in [1.807, 2.05) is 27.7 Å². The maximum absolute atomic E-state index is 11.6. The number of amides is 1. The summed E-state index contributed by atoms with van der Waals surface area (Å²) >= 11 is -1.45. The quantitative estimate of drug-likeness (QED) is 0.283. The molecule has 0 spiro atoms. The molecular weight excluding hydrogens is 374 g/mol. The van der Waals surface area contributed by atoms with Gasteiger partial charge in [-0.1, -0.05) is 27.4 Å². The molecule has 0 rings (SSSR count). The number of rotatable bonds is 13. The first-order chi connectivity index (χ1) is 12.2. The highest BCUT2D eigenvalue weighted by atomic mass is 32.2. The number of hydrogen-bond acceptors (Lipinski definition) is 7. The van der Waals surface area contributed by atoms with Gasteiger partial charge in [0.05, 0.1) is 31.6 Å². The zero-order valence-electron chi connectivity index (χ0n) is 16.2. The number of carbonyl (C=O) groups excluding carboxylic acids is 2. The van der Waals surface area contributed by atoms with E-state index in [0.717, 1.165) is 12.5 Å². The lowest BCUT2D eigenvalue weighted by Crippen LogP contribution is -2.38. The van der Waals surface area contributed by atoms with E-state index in [9.17, 15) is 13.8 Å². The fourth-order valence-electron chi connectivity index (χ4n) is 1.60. The standard InChI is InChI=1S/C17H31NO7S.CH4/c1-6-10-25-17(3,4)14(2)13-24-16(20)18-9-11-23-15(19)8-7-12-26(21)22-5;/h7-8,14H,6,9-13H2,1-5H3,(H,18,20);1H4/b8-7+;. The fraction of sp³-hybridized carbons (Fsp3) is 0.778. The van der Waals surface area contributed by atoms with Crippen molar-refractivity contribution in [1.29, 1.82) is 0 Å². The van der Waals surface area contributed by atoms with Crippen molar-refractivity contribution in [2.45, 2.75) is 47.1 Å². The number of hydrogen-bond donors (Lipinski definition) is 1. The van der Waals surface area contributed by atoms with Crippen LogP contribution in [0, 0.1) is 5.92 Å². The largest absolute Gasteiger partial charge is 0.461 e. The van der Waals surface area contributed by atoms with Crippen molar-refractivity contribution < 1.29 is 32.2 Å². The van der Waals surface area contributed by atoms with Gasteiger partial charge in [-0.25, -0.2) is 13.8 Å². The van der Waals surface area contributed by atoms with Crippen LogP contribution in [0.3, 0.4) is 0 Å². The lowest BCUT2D eigenvalue weighted by atomic mass is 9.93. The molecule has 1 N–H and O–H groups in total. The summed E-state index contributed by atoms with van der Waals surface area (Å²) < 4.78 is 31.3. The molecular formula is C18H35NO7S. The van der Waals surface area contributed by atoms with Crippen LogP contribution in [0.15, 0.2) is 12.2 Å². The second-order valence-corrected chi connectivity index (χ2v) is 7.36. The maximum atomic E-state index is 11.6. The normalized spacial score (nSPS) is 13.5. The van der Waals surface area contributed by atoms with Crippen LogP contribution in [0.25, 0.3) is 0 Å². The molecule has 0 heterocycles. The Morgan fingerprint density at radius 2 is 1.89 bits per heavy atom. The molecule has 27 heavy (non-hydrogen) atoms. The van der Waals surface area contributed by atoms with Gasteiger partial charge < -0.3 is 19.5 Å². The molecule has 0 aliphatic heterocycles. The first-order valence-corrected chi connectivity index (χ1v) is 9.78. The van der Waals surface area contributed by atoms with E-state index in [1.54, 1.807) is 0 Å². The number of nitrogens with one attached hydrogen (secondary N) is 1. The van der Waals surface area contributed by atoms with Gasteiger partial charge in [0.15, 0.2) is 11.1 Å². The Kier molecular flexibility index (Phi) is 16.0. The van der Waals surface area contributed by atoms with Gasteiger partial charge >= 0.3 is 12.1 Å². The van der Waals surface area contributed by atoms with Crippen LogP contribution in [-0.4, -0.2) is 61.1 Å². The smallest absolute Gasteiger partial charge is 0.407 e. The Morgan fingerprint density at radius 3 is 2.48 bits per heavy atom. The fourth-order valence-corrected chi connectivity index (χ4v) is 1.99. The van der Waals surface area contributed by atoms with Crippen molar-refractivity contribution >= 4 is 23.1 Å². The van der Waals surface area contributed by atoms with E-state index >= 15 is 0 Å². The van der Waals surface area contributed by atoms with E-state index in [2.05, 4.69) is 9.50 Å². The van der Waals surface area contributed by atoms with Gasteiger partial charge in [0.2, 0.25) is 0 Å². The van der Waals surface area contributed by atoms with E-state index in [0.29, 0.717) is 6.61 Å². The third-order valence-electron chi connectivity index (χ3n) is 3.62. The third kappa shape index (κ3) is 14.3. The first-order valence-electron chi connectivity index (χ1n) is 8.53.